The molecule has 0 spiro atoms. The van der Waals surface area contributed by atoms with Gasteiger partial charge in [-0.3, -0.25) is 9.69 Å². The van der Waals surface area contributed by atoms with Crippen LogP contribution in [0.3, 0.4) is 0 Å². The molecule has 18 heavy (non-hydrogen) atoms. The number of aliphatic carboxylic acids is 1. The van der Waals surface area contributed by atoms with E-state index in [9.17, 15) is 4.79 Å². The minimum Gasteiger partial charge on any atom is -0.481 e. The number of rotatable bonds is 6. The zero-order chi connectivity index (χ0) is 13.7. The van der Waals surface area contributed by atoms with Crippen LogP contribution in [0.15, 0.2) is 24.3 Å². The number of benzene rings is 1. The summed E-state index contributed by atoms with van der Waals surface area (Å²) >= 11 is 0. The number of aryl methyl sites for hydroxylation is 1. The lowest BCUT2D eigenvalue weighted by molar-refractivity contribution is -0.141. The van der Waals surface area contributed by atoms with Gasteiger partial charge in [-0.15, -0.1) is 0 Å². The van der Waals surface area contributed by atoms with E-state index < -0.39 is 5.97 Å². The molecule has 0 saturated carbocycles. The van der Waals surface area contributed by atoms with Crippen molar-refractivity contribution in [3.63, 3.8) is 0 Å². The van der Waals surface area contributed by atoms with Gasteiger partial charge in [0.25, 0.3) is 0 Å². The summed E-state index contributed by atoms with van der Waals surface area (Å²) in [6.07, 6.45) is 0. The van der Waals surface area contributed by atoms with Crippen molar-refractivity contribution in [1.29, 1.82) is 0 Å². The van der Waals surface area contributed by atoms with E-state index in [2.05, 4.69) is 37.8 Å². The Kier molecular flexibility index (Phi) is 5.35. The maximum absolute atomic E-state index is 11.0. The minimum atomic E-state index is -0.731. The van der Waals surface area contributed by atoms with E-state index in [1.54, 1.807) is 6.92 Å². The minimum absolute atomic E-state index is 0.337. The molecule has 0 aliphatic heterocycles. The summed E-state index contributed by atoms with van der Waals surface area (Å²) in [6, 6.07) is 8.59. The summed E-state index contributed by atoms with van der Waals surface area (Å²) < 4.78 is 0. The van der Waals surface area contributed by atoms with Gasteiger partial charge < -0.3 is 5.11 Å². The Hall–Kier alpha value is -1.35. The molecular weight excluding hydrogens is 226 g/mol. The average molecular weight is 249 g/mol. The molecule has 0 radical (unpaired) electrons. The van der Waals surface area contributed by atoms with Gasteiger partial charge in [0, 0.05) is 19.1 Å². The lowest BCUT2D eigenvalue weighted by Crippen LogP contribution is -2.36. The Morgan fingerprint density at radius 1 is 1.28 bits per heavy atom. The number of hydrogen-bond acceptors (Lipinski definition) is 2. The normalized spacial score (nSPS) is 13.0. The molecule has 0 aromatic heterocycles. The molecule has 1 N–H and O–H groups in total. The Balaban J connectivity index is 2.75. The van der Waals surface area contributed by atoms with Crippen molar-refractivity contribution in [1.82, 2.24) is 4.90 Å². The molecule has 3 nitrogen and oxygen atoms in total. The number of nitrogens with zero attached hydrogens (tertiary/aromatic N) is 1. The number of carbonyl (C=O) groups is 1. The van der Waals surface area contributed by atoms with E-state index in [4.69, 9.17) is 5.11 Å². The molecule has 0 heterocycles. The largest absolute Gasteiger partial charge is 0.481 e. The van der Waals surface area contributed by atoms with Crippen LogP contribution in [-0.4, -0.2) is 28.6 Å². The fraction of sp³-hybridized carbons (Fsp3) is 0.533. The third kappa shape index (κ3) is 4.15. The lowest BCUT2D eigenvalue weighted by Gasteiger charge is -2.28. The van der Waals surface area contributed by atoms with Crippen molar-refractivity contribution in [2.75, 3.05) is 6.54 Å². The van der Waals surface area contributed by atoms with Gasteiger partial charge in [0.15, 0.2) is 0 Å². The van der Waals surface area contributed by atoms with Crippen LogP contribution in [0.2, 0.25) is 0 Å². The first-order valence-electron chi connectivity index (χ1n) is 6.43. The van der Waals surface area contributed by atoms with Gasteiger partial charge in [-0.2, -0.15) is 0 Å². The predicted molar refractivity (Wildman–Crippen MR) is 73.5 cm³/mol. The standard InChI is InChI=1S/C15H23NO2/c1-11(2)16(9-13(4)15(17)18)10-14-8-6-5-7-12(14)3/h5-8,11,13H,9-10H2,1-4H3,(H,17,18). The van der Waals surface area contributed by atoms with Gasteiger partial charge in [0.1, 0.15) is 0 Å². The van der Waals surface area contributed by atoms with E-state index in [1.807, 2.05) is 12.1 Å². The Labute approximate surface area is 109 Å². The van der Waals surface area contributed by atoms with Gasteiger partial charge in [0.2, 0.25) is 0 Å². The molecule has 0 saturated heterocycles. The zero-order valence-electron chi connectivity index (χ0n) is 11.7. The van der Waals surface area contributed by atoms with Crippen LogP contribution in [-0.2, 0) is 11.3 Å². The fourth-order valence-electron chi connectivity index (χ4n) is 1.89. The number of carboxylic acid groups (broad SMARTS) is 1. The molecule has 0 aliphatic carbocycles. The van der Waals surface area contributed by atoms with E-state index >= 15 is 0 Å². The predicted octanol–water partition coefficient (Wildman–Crippen LogP) is 2.93. The topological polar surface area (TPSA) is 40.5 Å². The van der Waals surface area contributed by atoms with Crippen LogP contribution in [0, 0.1) is 12.8 Å². The van der Waals surface area contributed by atoms with Crippen LogP contribution in [0.5, 0.6) is 0 Å². The van der Waals surface area contributed by atoms with Gasteiger partial charge in [-0.1, -0.05) is 31.2 Å². The highest BCUT2D eigenvalue weighted by atomic mass is 16.4. The molecular formula is C15H23NO2. The number of carboxylic acids is 1. The fourth-order valence-corrected chi connectivity index (χ4v) is 1.89. The van der Waals surface area contributed by atoms with Crippen molar-refractivity contribution < 1.29 is 9.90 Å². The van der Waals surface area contributed by atoms with Crippen molar-refractivity contribution in [3.05, 3.63) is 35.4 Å². The molecule has 0 aliphatic rings. The summed E-state index contributed by atoms with van der Waals surface area (Å²) in [5.41, 5.74) is 2.52. The van der Waals surface area contributed by atoms with Gasteiger partial charge in [-0.05, 0) is 31.9 Å². The average Bonchev–Trinajstić information content (AvgIpc) is 2.30. The van der Waals surface area contributed by atoms with E-state index in [-0.39, 0.29) is 5.92 Å². The summed E-state index contributed by atoms with van der Waals surface area (Å²) in [5.74, 6) is -1.07. The van der Waals surface area contributed by atoms with Crippen molar-refractivity contribution in [2.45, 2.75) is 40.3 Å². The molecule has 100 valence electrons. The molecule has 1 atom stereocenters. The van der Waals surface area contributed by atoms with Crippen LogP contribution in [0.25, 0.3) is 0 Å². The molecule has 1 aromatic carbocycles. The summed E-state index contributed by atoms with van der Waals surface area (Å²) in [7, 11) is 0. The Morgan fingerprint density at radius 2 is 1.89 bits per heavy atom. The highest BCUT2D eigenvalue weighted by Gasteiger charge is 2.18. The van der Waals surface area contributed by atoms with Gasteiger partial charge in [-0.25, -0.2) is 0 Å². The second-order valence-electron chi connectivity index (χ2n) is 5.19. The maximum atomic E-state index is 11.0. The monoisotopic (exact) mass is 249 g/mol. The second kappa shape index (κ2) is 6.55. The van der Waals surface area contributed by atoms with Crippen LogP contribution in [0.1, 0.15) is 31.9 Å². The first kappa shape index (κ1) is 14.7. The lowest BCUT2D eigenvalue weighted by atomic mass is 10.1. The second-order valence-corrected chi connectivity index (χ2v) is 5.19. The summed E-state index contributed by atoms with van der Waals surface area (Å²) in [4.78, 5) is 13.2. The van der Waals surface area contributed by atoms with Crippen molar-refractivity contribution in [2.24, 2.45) is 5.92 Å². The third-order valence-corrected chi connectivity index (χ3v) is 3.29. The van der Waals surface area contributed by atoms with Crippen LogP contribution < -0.4 is 0 Å². The summed E-state index contributed by atoms with van der Waals surface area (Å²) in [5, 5.41) is 9.01. The van der Waals surface area contributed by atoms with Crippen molar-refractivity contribution in [3.8, 4) is 0 Å². The van der Waals surface area contributed by atoms with Gasteiger partial charge in [0.05, 0.1) is 5.92 Å². The zero-order valence-corrected chi connectivity index (χ0v) is 11.7. The molecule has 1 aromatic rings. The summed E-state index contributed by atoms with van der Waals surface area (Å²) in [6.45, 7) is 9.45. The Morgan fingerprint density at radius 3 is 2.39 bits per heavy atom. The third-order valence-electron chi connectivity index (χ3n) is 3.29. The molecule has 1 rings (SSSR count). The van der Waals surface area contributed by atoms with E-state index in [0.29, 0.717) is 12.6 Å². The van der Waals surface area contributed by atoms with E-state index in [0.717, 1.165) is 6.54 Å². The highest BCUT2D eigenvalue weighted by molar-refractivity contribution is 5.69. The number of hydrogen-bond donors (Lipinski definition) is 1. The smallest absolute Gasteiger partial charge is 0.307 e. The van der Waals surface area contributed by atoms with Gasteiger partial charge >= 0.3 is 5.97 Å². The molecule has 0 fully saturated rings. The first-order valence-corrected chi connectivity index (χ1v) is 6.43. The molecule has 0 bridgehead atoms. The molecule has 0 amide bonds. The van der Waals surface area contributed by atoms with Crippen LogP contribution in [0.4, 0.5) is 0 Å². The molecule has 1 unspecified atom stereocenters. The van der Waals surface area contributed by atoms with Crippen molar-refractivity contribution >= 4 is 5.97 Å². The highest BCUT2D eigenvalue weighted by Crippen LogP contribution is 2.14. The Bertz CT molecular complexity index is 401. The van der Waals surface area contributed by atoms with Crippen LogP contribution >= 0.6 is 0 Å². The SMILES string of the molecule is Cc1ccccc1CN(CC(C)C(=O)O)C(C)C. The quantitative estimate of drug-likeness (QED) is 0.842. The van der Waals surface area contributed by atoms with E-state index in [1.165, 1.54) is 11.1 Å². The first-order chi connectivity index (χ1) is 8.41. The molecule has 3 heteroatoms. The maximum Gasteiger partial charge on any atom is 0.307 e.